The summed E-state index contributed by atoms with van der Waals surface area (Å²) in [5.41, 5.74) is 3.10. The number of carbonyl (C=O) groups is 1. The second-order valence-electron chi connectivity index (χ2n) is 4.86. The molecule has 106 valence electrons. The minimum atomic E-state index is 0.00700. The van der Waals surface area contributed by atoms with Crippen molar-refractivity contribution in [3.05, 3.63) is 33.4 Å². The molecule has 0 spiro atoms. The van der Waals surface area contributed by atoms with Gasteiger partial charge in [-0.1, -0.05) is 29.3 Å². The zero-order chi connectivity index (χ0) is 14.3. The molecule has 4 nitrogen and oxygen atoms in total. The Labute approximate surface area is 126 Å². The summed E-state index contributed by atoms with van der Waals surface area (Å²) in [6.07, 6.45) is 0.785. The minimum Gasteiger partial charge on any atom is -0.375 e. The molecule has 0 fully saturated rings. The summed E-state index contributed by atoms with van der Waals surface area (Å²) >= 11 is 12.3. The number of rotatable bonds is 2. The SMILES string of the molecule is COCC(=O)N1CCc2[nH]c3c(Cl)c(Cl)ccc3c2C1. The summed E-state index contributed by atoms with van der Waals surface area (Å²) in [5.74, 6) is 0.00700. The van der Waals surface area contributed by atoms with E-state index in [0.717, 1.165) is 28.6 Å². The molecule has 1 aliphatic rings. The van der Waals surface area contributed by atoms with E-state index >= 15 is 0 Å². The van der Waals surface area contributed by atoms with Gasteiger partial charge in [-0.15, -0.1) is 0 Å². The molecular formula is C14H14Cl2N2O2. The lowest BCUT2D eigenvalue weighted by Crippen LogP contribution is -2.37. The highest BCUT2D eigenvalue weighted by atomic mass is 35.5. The van der Waals surface area contributed by atoms with Crippen LogP contribution in [-0.2, 0) is 22.5 Å². The van der Waals surface area contributed by atoms with Gasteiger partial charge in [0.15, 0.2) is 0 Å². The Balaban J connectivity index is 2.01. The second-order valence-corrected chi connectivity index (χ2v) is 5.65. The predicted molar refractivity (Wildman–Crippen MR) is 79.3 cm³/mol. The van der Waals surface area contributed by atoms with E-state index in [1.807, 2.05) is 11.0 Å². The fraction of sp³-hybridized carbons (Fsp3) is 0.357. The molecule has 0 atom stereocenters. The van der Waals surface area contributed by atoms with Gasteiger partial charge >= 0.3 is 0 Å². The Morgan fingerprint density at radius 1 is 1.45 bits per heavy atom. The molecule has 6 heteroatoms. The van der Waals surface area contributed by atoms with Crippen molar-refractivity contribution in [3.8, 4) is 0 Å². The molecule has 1 aromatic carbocycles. The summed E-state index contributed by atoms with van der Waals surface area (Å²) in [6.45, 7) is 1.38. The highest BCUT2D eigenvalue weighted by Gasteiger charge is 2.24. The molecule has 1 amide bonds. The molecule has 1 aliphatic heterocycles. The van der Waals surface area contributed by atoms with Crippen LogP contribution in [-0.4, -0.2) is 36.1 Å². The standard InChI is InChI=1S/C14H14Cl2N2O2/c1-20-7-12(19)18-5-4-11-9(6-18)8-2-3-10(15)13(16)14(8)17-11/h2-3,17H,4-7H2,1H3. The van der Waals surface area contributed by atoms with Gasteiger partial charge in [-0.3, -0.25) is 4.79 Å². The van der Waals surface area contributed by atoms with Crippen LogP contribution in [0.1, 0.15) is 11.3 Å². The van der Waals surface area contributed by atoms with Crippen LogP contribution in [0.25, 0.3) is 10.9 Å². The molecule has 3 rings (SSSR count). The first-order chi connectivity index (χ1) is 9.61. The average Bonchev–Trinajstić information content (AvgIpc) is 2.81. The van der Waals surface area contributed by atoms with Gasteiger partial charge in [0, 0.05) is 43.3 Å². The number of methoxy groups -OCH3 is 1. The number of nitrogens with one attached hydrogen (secondary N) is 1. The van der Waals surface area contributed by atoms with Gasteiger partial charge in [0.1, 0.15) is 6.61 Å². The number of aromatic amines is 1. The van der Waals surface area contributed by atoms with E-state index in [9.17, 15) is 4.79 Å². The Morgan fingerprint density at radius 2 is 2.25 bits per heavy atom. The van der Waals surface area contributed by atoms with Gasteiger partial charge in [-0.2, -0.15) is 0 Å². The third-order valence-electron chi connectivity index (χ3n) is 3.66. The summed E-state index contributed by atoms with van der Waals surface area (Å²) in [6, 6.07) is 3.74. The van der Waals surface area contributed by atoms with Crippen LogP contribution < -0.4 is 0 Å². The van der Waals surface area contributed by atoms with Crippen LogP contribution in [0.2, 0.25) is 10.0 Å². The lowest BCUT2D eigenvalue weighted by atomic mass is 10.0. The van der Waals surface area contributed by atoms with Crippen molar-refractivity contribution in [2.75, 3.05) is 20.3 Å². The van der Waals surface area contributed by atoms with Crippen molar-refractivity contribution < 1.29 is 9.53 Å². The summed E-state index contributed by atoms with van der Waals surface area (Å²) < 4.78 is 4.91. The van der Waals surface area contributed by atoms with Crippen molar-refractivity contribution >= 4 is 40.0 Å². The van der Waals surface area contributed by atoms with Crippen LogP contribution in [0, 0.1) is 0 Å². The number of hydrogen-bond acceptors (Lipinski definition) is 2. The highest BCUT2D eigenvalue weighted by Crippen LogP contribution is 2.35. The first kappa shape index (κ1) is 13.7. The van der Waals surface area contributed by atoms with Crippen LogP contribution in [0.4, 0.5) is 0 Å². The number of nitrogens with zero attached hydrogens (tertiary/aromatic N) is 1. The molecule has 2 aromatic rings. The fourth-order valence-corrected chi connectivity index (χ4v) is 3.02. The molecule has 1 N–H and O–H groups in total. The number of amides is 1. The van der Waals surface area contributed by atoms with E-state index in [4.69, 9.17) is 27.9 Å². The number of H-pyrrole nitrogens is 1. The molecule has 0 aliphatic carbocycles. The van der Waals surface area contributed by atoms with E-state index in [1.54, 1.807) is 6.07 Å². The first-order valence-corrected chi connectivity index (χ1v) is 7.11. The van der Waals surface area contributed by atoms with Crippen LogP contribution in [0.3, 0.4) is 0 Å². The van der Waals surface area contributed by atoms with E-state index in [0.29, 0.717) is 23.1 Å². The van der Waals surface area contributed by atoms with Crippen molar-refractivity contribution in [3.63, 3.8) is 0 Å². The summed E-state index contributed by atoms with van der Waals surface area (Å²) in [5, 5.41) is 2.10. The maximum absolute atomic E-state index is 11.9. The summed E-state index contributed by atoms with van der Waals surface area (Å²) in [4.78, 5) is 17.1. The third-order valence-corrected chi connectivity index (χ3v) is 4.47. The van der Waals surface area contributed by atoms with Crippen molar-refractivity contribution in [1.82, 2.24) is 9.88 Å². The maximum atomic E-state index is 11.9. The zero-order valence-corrected chi connectivity index (χ0v) is 12.5. The molecular weight excluding hydrogens is 299 g/mol. The summed E-state index contributed by atoms with van der Waals surface area (Å²) in [7, 11) is 1.53. The first-order valence-electron chi connectivity index (χ1n) is 6.36. The minimum absolute atomic E-state index is 0.00700. The normalized spacial score (nSPS) is 14.7. The lowest BCUT2D eigenvalue weighted by Gasteiger charge is -2.27. The quantitative estimate of drug-likeness (QED) is 0.926. The molecule has 0 saturated carbocycles. The number of aromatic nitrogens is 1. The third kappa shape index (κ3) is 2.18. The molecule has 0 saturated heterocycles. The van der Waals surface area contributed by atoms with E-state index in [2.05, 4.69) is 4.98 Å². The van der Waals surface area contributed by atoms with Crippen LogP contribution >= 0.6 is 23.2 Å². The monoisotopic (exact) mass is 312 g/mol. The van der Waals surface area contributed by atoms with E-state index in [-0.39, 0.29) is 12.5 Å². The van der Waals surface area contributed by atoms with Gasteiger partial charge in [0.25, 0.3) is 0 Å². The Kier molecular flexibility index (Phi) is 3.63. The Morgan fingerprint density at radius 3 is 3.00 bits per heavy atom. The molecule has 20 heavy (non-hydrogen) atoms. The number of hydrogen-bond donors (Lipinski definition) is 1. The van der Waals surface area contributed by atoms with Crippen molar-refractivity contribution in [1.29, 1.82) is 0 Å². The molecule has 0 bridgehead atoms. The van der Waals surface area contributed by atoms with Gasteiger partial charge in [0.05, 0.1) is 15.6 Å². The van der Waals surface area contributed by atoms with Crippen LogP contribution in [0.5, 0.6) is 0 Å². The topological polar surface area (TPSA) is 45.3 Å². The van der Waals surface area contributed by atoms with E-state index < -0.39 is 0 Å². The number of ether oxygens (including phenoxy) is 1. The zero-order valence-electron chi connectivity index (χ0n) is 11.0. The number of fused-ring (bicyclic) bond motifs is 3. The smallest absolute Gasteiger partial charge is 0.248 e. The highest BCUT2D eigenvalue weighted by molar-refractivity contribution is 6.45. The van der Waals surface area contributed by atoms with Gasteiger partial charge in [-0.05, 0) is 6.07 Å². The molecule has 0 radical (unpaired) electrons. The van der Waals surface area contributed by atoms with Gasteiger partial charge in [-0.25, -0.2) is 0 Å². The second kappa shape index (κ2) is 5.28. The number of benzene rings is 1. The lowest BCUT2D eigenvalue weighted by molar-refractivity contribution is -0.136. The van der Waals surface area contributed by atoms with E-state index in [1.165, 1.54) is 7.11 Å². The predicted octanol–water partition coefficient (Wildman–Crippen LogP) is 3.01. The van der Waals surface area contributed by atoms with Gasteiger partial charge in [0.2, 0.25) is 5.91 Å². The largest absolute Gasteiger partial charge is 0.375 e. The molecule has 1 aromatic heterocycles. The van der Waals surface area contributed by atoms with Crippen molar-refractivity contribution in [2.45, 2.75) is 13.0 Å². The van der Waals surface area contributed by atoms with Crippen LogP contribution in [0.15, 0.2) is 12.1 Å². The maximum Gasteiger partial charge on any atom is 0.248 e. The fourth-order valence-electron chi connectivity index (χ4n) is 2.65. The Bertz CT molecular complexity index is 681. The van der Waals surface area contributed by atoms with Crippen molar-refractivity contribution in [2.24, 2.45) is 0 Å². The molecule has 2 heterocycles. The Hall–Kier alpha value is -1.23. The average molecular weight is 313 g/mol. The molecule has 0 unspecified atom stereocenters. The number of halogens is 2. The van der Waals surface area contributed by atoms with Gasteiger partial charge < -0.3 is 14.6 Å². The number of carbonyl (C=O) groups excluding carboxylic acids is 1.